The van der Waals surface area contributed by atoms with Crippen molar-refractivity contribution in [2.45, 2.75) is 44.7 Å². The molecular formula is C21H27N3O3. The normalized spacial score (nSPS) is 16.1. The molecule has 0 bridgehead atoms. The first kappa shape index (κ1) is 19.2. The van der Waals surface area contributed by atoms with Gasteiger partial charge in [0.25, 0.3) is 5.91 Å². The van der Waals surface area contributed by atoms with Crippen LogP contribution in [0.25, 0.3) is 0 Å². The lowest BCUT2D eigenvalue weighted by molar-refractivity contribution is -0.134. The highest BCUT2D eigenvalue weighted by Crippen LogP contribution is 2.24. The first-order valence-electron chi connectivity index (χ1n) is 9.54. The molecule has 6 nitrogen and oxygen atoms in total. The van der Waals surface area contributed by atoms with Crippen molar-refractivity contribution in [2.24, 2.45) is 5.73 Å². The molecule has 6 heteroatoms. The van der Waals surface area contributed by atoms with Crippen molar-refractivity contribution in [1.29, 1.82) is 0 Å². The predicted octanol–water partition coefficient (Wildman–Crippen LogP) is 2.65. The molecule has 2 aromatic rings. The van der Waals surface area contributed by atoms with E-state index in [0.29, 0.717) is 24.4 Å². The van der Waals surface area contributed by atoms with Crippen molar-refractivity contribution in [3.63, 3.8) is 0 Å². The Kier molecular flexibility index (Phi) is 6.29. The monoisotopic (exact) mass is 369 g/mol. The van der Waals surface area contributed by atoms with Crippen molar-refractivity contribution >= 4 is 11.8 Å². The molecule has 1 aromatic carbocycles. The molecule has 3 rings (SSSR count). The maximum Gasteiger partial charge on any atom is 0.254 e. The van der Waals surface area contributed by atoms with Crippen LogP contribution in [0, 0.1) is 0 Å². The van der Waals surface area contributed by atoms with Crippen LogP contribution in [0.15, 0.2) is 47.1 Å². The van der Waals surface area contributed by atoms with Gasteiger partial charge in [-0.3, -0.25) is 9.59 Å². The zero-order valence-electron chi connectivity index (χ0n) is 15.7. The van der Waals surface area contributed by atoms with Crippen LogP contribution in [0.5, 0.6) is 0 Å². The number of amides is 2. The average molecular weight is 369 g/mol. The number of piperidine rings is 1. The molecular weight excluding hydrogens is 342 g/mol. The van der Waals surface area contributed by atoms with E-state index in [1.54, 1.807) is 6.07 Å². The first-order chi connectivity index (χ1) is 13.1. The summed E-state index contributed by atoms with van der Waals surface area (Å²) < 4.78 is 5.21. The van der Waals surface area contributed by atoms with Crippen LogP contribution in [0.3, 0.4) is 0 Å². The minimum absolute atomic E-state index is 0.0644. The third-order valence-electron chi connectivity index (χ3n) is 5.17. The fourth-order valence-corrected chi connectivity index (χ4v) is 3.58. The standard InChI is InChI=1S/C21H27N3O3/c1-2-19(15-6-4-3-5-7-15)21(26)24-10-8-17(9-11-24)23-20(25)16-12-18(13-22)27-14-16/h3-7,12,14,17,19H,2,8-11,13,22H2,1H3,(H,23,25). The van der Waals surface area contributed by atoms with Crippen LogP contribution in [0.1, 0.15) is 53.8 Å². The highest BCUT2D eigenvalue weighted by molar-refractivity contribution is 5.94. The summed E-state index contributed by atoms with van der Waals surface area (Å²) in [6.07, 6.45) is 3.72. The van der Waals surface area contributed by atoms with E-state index in [-0.39, 0.29) is 30.3 Å². The van der Waals surface area contributed by atoms with Gasteiger partial charge in [0, 0.05) is 19.1 Å². The highest BCUT2D eigenvalue weighted by atomic mass is 16.3. The van der Waals surface area contributed by atoms with Gasteiger partial charge in [0.1, 0.15) is 12.0 Å². The minimum atomic E-state index is -0.154. The SMILES string of the molecule is CCC(C(=O)N1CCC(NC(=O)c2coc(CN)c2)CC1)c1ccccc1. The van der Waals surface area contributed by atoms with Gasteiger partial charge in [0.15, 0.2) is 0 Å². The van der Waals surface area contributed by atoms with Crippen LogP contribution in [0.4, 0.5) is 0 Å². The van der Waals surface area contributed by atoms with E-state index in [2.05, 4.69) is 5.32 Å². The largest absolute Gasteiger partial charge is 0.467 e. The average Bonchev–Trinajstić information content (AvgIpc) is 3.19. The predicted molar refractivity (Wildman–Crippen MR) is 103 cm³/mol. The number of likely N-dealkylation sites (tertiary alicyclic amines) is 1. The van der Waals surface area contributed by atoms with Crippen LogP contribution in [0.2, 0.25) is 0 Å². The van der Waals surface area contributed by atoms with Crippen LogP contribution >= 0.6 is 0 Å². The Morgan fingerprint density at radius 2 is 1.96 bits per heavy atom. The van der Waals surface area contributed by atoms with Gasteiger partial charge in [0.2, 0.25) is 5.91 Å². The molecule has 1 atom stereocenters. The van der Waals surface area contributed by atoms with Gasteiger partial charge in [0.05, 0.1) is 18.0 Å². The Labute approximate surface area is 159 Å². The maximum atomic E-state index is 12.9. The van der Waals surface area contributed by atoms with E-state index < -0.39 is 0 Å². The Balaban J connectivity index is 1.53. The maximum absolute atomic E-state index is 12.9. The van der Waals surface area contributed by atoms with E-state index in [0.717, 1.165) is 24.8 Å². The number of nitrogens with zero attached hydrogens (tertiary/aromatic N) is 1. The number of furan rings is 1. The summed E-state index contributed by atoms with van der Waals surface area (Å²) >= 11 is 0. The summed E-state index contributed by atoms with van der Waals surface area (Å²) in [5, 5.41) is 3.03. The van der Waals surface area contributed by atoms with Gasteiger partial charge in [-0.25, -0.2) is 0 Å². The van der Waals surface area contributed by atoms with E-state index >= 15 is 0 Å². The number of rotatable bonds is 6. The minimum Gasteiger partial charge on any atom is -0.467 e. The van der Waals surface area contributed by atoms with Crippen molar-refractivity contribution < 1.29 is 14.0 Å². The van der Waals surface area contributed by atoms with Gasteiger partial charge in [-0.1, -0.05) is 37.3 Å². The van der Waals surface area contributed by atoms with Crippen molar-refractivity contribution in [3.8, 4) is 0 Å². The third kappa shape index (κ3) is 4.57. The lowest BCUT2D eigenvalue weighted by atomic mass is 9.93. The molecule has 1 saturated heterocycles. The molecule has 144 valence electrons. The molecule has 1 aliphatic heterocycles. The summed E-state index contributed by atoms with van der Waals surface area (Å²) in [6, 6.07) is 11.7. The molecule has 0 spiro atoms. The van der Waals surface area contributed by atoms with Crippen molar-refractivity contribution in [3.05, 3.63) is 59.5 Å². The zero-order valence-corrected chi connectivity index (χ0v) is 15.7. The molecule has 27 heavy (non-hydrogen) atoms. The van der Waals surface area contributed by atoms with E-state index in [1.807, 2.05) is 42.2 Å². The van der Waals surface area contributed by atoms with Crippen LogP contribution in [-0.2, 0) is 11.3 Å². The Bertz CT molecular complexity index is 764. The van der Waals surface area contributed by atoms with Gasteiger partial charge >= 0.3 is 0 Å². The molecule has 0 radical (unpaired) electrons. The number of benzene rings is 1. The van der Waals surface area contributed by atoms with Crippen molar-refractivity contribution in [2.75, 3.05) is 13.1 Å². The third-order valence-corrected chi connectivity index (χ3v) is 5.17. The number of nitrogens with two attached hydrogens (primary N) is 1. The number of carbonyl (C=O) groups is 2. The molecule has 3 N–H and O–H groups in total. The number of hydrogen-bond donors (Lipinski definition) is 2. The first-order valence-corrected chi connectivity index (χ1v) is 9.54. The van der Waals surface area contributed by atoms with Gasteiger partial charge in [-0.2, -0.15) is 0 Å². The molecule has 1 aromatic heterocycles. The highest BCUT2D eigenvalue weighted by Gasteiger charge is 2.29. The lowest BCUT2D eigenvalue weighted by Crippen LogP contribution is -2.47. The van der Waals surface area contributed by atoms with Crippen LogP contribution in [-0.4, -0.2) is 35.8 Å². The lowest BCUT2D eigenvalue weighted by Gasteiger charge is -2.34. The number of carbonyl (C=O) groups excluding carboxylic acids is 2. The van der Waals surface area contributed by atoms with E-state index in [4.69, 9.17) is 10.2 Å². The fourth-order valence-electron chi connectivity index (χ4n) is 3.58. The number of hydrogen-bond acceptors (Lipinski definition) is 4. The molecule has 1 fully saturated rings. The zero-order chi connectivity index (χ0) is 19.2. The molecule has 0 aliphatic carbocycles. The molecule has 2 amide bonds. The quantitative estimate of drug-likeness (QED) is 0.819. The molecule has 1 unspecified atom stereocenters. The van der Waals surface area contributed by atoms with Gasteiger partial charge in [-0.05, 0) is 30.9 Å². The molecule has 2 heterocycles. The Morgan fingerprint density at radius 3 is 2.56 bits per heavy atom. The van der Waals surface area contributed by atoms with Gasteiger partial charge < -0.3 is 20.4 Å². The summed E-state index contributed by atoms with van der Waals surface area (Å²) in [5.41, 5.74) is 7.06. The van der Waals surface area contributed by atoms with Gasteiger partial charge in [-0.15, -0.1) is 0 Å². The summed E-state index contributed by atoms with van der Waals surface area (Å²) in [4.78, 5) is 27.2. The fraction of sp³-hybridized carbons (Fsp3) is 0.429. The Morgan fingerprint density at radius 1 is 1.26 bits per heavy atom. The second kappa shape index (κ2) is 8.86. The smallest absolute Gasteiger partial charge is 0.254 e. The number of nitrogens with one attached hydrogen (secondary N) is 1. The van der Waals surface area contributed by atoms with Crippen LogP contribution < -0.4 is 11.1 Å². The summed E-state index contributed by atoms with van der Waals surface area (Å²) in [6.45, 7) is 3.63. The summed E-state index contributed by atoms with van der Waals surface area (Å²) in [7, 11) is 0. The Hall–Kier alpha value is -2.60. The van der Waals surface area contributed by atoms with E-state index in [9.17, 15) is 9.59 Å². The summed E-state index contributed by atoms with van der Waals surface area (Å²) in [5.74, 6) is 0.514. The van der Waals surface area contributed by atoms with Crippen molar-refractivity contribution in [1.82, 2.24) is 10.2 Å². The topological polar surface area (TPSA) is 88.6 Å². The molecule has 0 saturated carbocycles. The second-order valence-corrected chi connectivity index (χ2v) is 6.95. The molecule has 1 aliphatic rings. The van der Waals surface area contributed by atoms with E-state index in [1.165, 1.54) is 6.26 Å². The second-order valence-electron chi connectivity index (χ2n) is 6.95.